The molecule has 1 aliphatic rings. The second-order valence-electron chi connectivity index (χ2n) is 9.94. The molecule has 1 aliphatic carbocycles. The lowest BCUT2D eigenvalue weighted by atomic mass is 9.84. The van der Waals surface area contributed by atoms with E-state index in [1.807, 2.05) is 32.9 Å². The summed E-state index contributed by atoms with van der Waals surface area (Å²) in [4.78, 5) is 24.3. The molecule has 2 N–H and O–H groups in total. The molecule has 0 radical (unpaired) electrons. The first-order valence-electron chi connectivity index (χ1n) is 10.3. The minimum Gasteiger partial charge on any atom is -0.444 e. The van der Waals surface area contributed by atoms with Crippen LogP contribution in [0.3, 0.4) is 0 Å². The molecule has 2 rings (SSSR count). The fourth-order valence-electron chi connectivity index (χ4n) is 3.51. The summed E-state index contributed by atoms with van der Waals surface area (Å²) in [6, 6.07) is 8.23. The van der Waals surface area contributed by atoms with Crippen molar-refractivity contribution in [3.8, 4) is 0 Å². The first-order valence-corrected chi connectivity index (χ1v) is 10.3. The number of ether oxygens (including phenoxy) is 1. The van der Waals surface area contributed by atoms with Crippen LogP contribution in [0.25, 0.3) is 0 Å². The molecule has 156 valence electrons. The van der Waals surface area contributed by atoms with Crippen LogP contribution in [0.2, 0.25) is 0 Å². The Hall–Kier alpha value is -2.04. The quantitative estimate of drug-likeness (QED) is 0.726. The number of rotatable bonds is 4. The summed E-state index contributed by atoms with van der Waals surface area (Å²) in [6.45, 7) is 12.1. The minimum absolute atomic E-state index is 0.0621. The number of benzene rings is 1. The van der Waals surface area contributed by atoms with Gasteiger partial charge in [0.2, 0.25) is 5.91 Å². The first-order chi connectivity index (χ1) is 12.9. The molecule has 0 aliphatic heterocycles. The number of carbonyl (C=O) groups excluding carboxylic acids is 2. The number of hydrogen-bond donors (Lipinski definition) is 2. The molecule has 0 aromatic heterocycles. The number of nitrogens with one attached hydrogen (secondary N) is 2. The normalized spacial score (nSPS) is 20.4. The number of hydrogen-bond acceptors (Lipinski definition) is 3. The molecule has 2 amide bonds. The zero-order valence-electron chi connectivity index (χ0n) is 18.2. The van der Waals surface area contributed by atoms with E-state index in [0.29, 0.717) is 12.3 Å². The SMILES string of the molecule is CC(C)(C)OC(=O)NC1CCC(CC(=O)Nc2ccc(C(C)(C)C)cc2)CC1. The van der Waals surface area contributed by atoms with E-state index in [2.05, 4.69) is 43.5 Å². The first kappa shape index (κ1) is 22.3. The monoisotopic (exact) mass is 388 g/mol. The predicted molar refractivity (Wildman–Crippen MR) is 114 cm³/mol. The van der Waals surface area contributed by atoms with Crippen LogP contribution in [-0.4, -0.2) is 23.6 Å². The van der Waals surface area contributed by atoms with E-state index in [9.17, 15) is 9.59 Å². The molecule has 5 heteroatoms. The van der Waals surface area contributed by atoms with Crippen molar-refractivity contribution < 1.29 is 14.3 Å². The molecule has 5 nitrogen and oxygen atoms in total. The maximum atomic E-state index is 12.4. The van der Waals surface area contributed by atoms with E-state index >= 15 is 0 Å². The highest BCUT2D eigenvalue weighted by atomic mass is 16.6. The molecule has 1 saturated carbocycles. The van der Waals surface area contributed by atoms with E-state index < -0.39 is 5.60 Å². The van der Waals surface area contributed by atoms with Gasteiger partial charge in [0.25, 0.3) is 0 Å². The van der Waals surface area contributed by atoms with Crippen molar-refractivity contribution in [2.75, 3.05) is 5.32 Å². The van der Waals surface area contributed by atoms with E-state index in [1.54, 1.807) is 0 Å². The van der Waals surface area contributed by atoms with Crippen LogP contribution in [0.1, 0.15) is 79.2 Å². The number of alkyl carbamates (subject to hydrolysis) is 1. The molecule has 0 heterocycles. The molecule has 0 spiro atoms. The van der Waals surface area contributed by atoms with Gasteiger partial charge in [-0.3, -0.25) is 4.79 Å². The molecule has 0 atom stereocenters. The Morgan fingerprint density at radius 2 is 1.54 bits per heavy atom. The van der Waals surface area contributed by atoms with Crippen molar-refractivity contribution in [3.05, 3.63) is 29.8 Å². The fourth-order valence-corrected chi connectivity index (χ4v) is 3.51. The highest BCUT2D eigenvalue weighted by Crippen LogP contribution is 2.28. The molecule has 0 saturated heterocycles. The third kappa shape index (κ3) is 7.53. The average Bonchev–Trinajstić information content (AvgIpc) is 2.54. The lowest BCUT2D eigenvalue weighted by Crippen LogP contribution is -2.41. The van der Waals surface area contributed by atoms with Crippen LogP contribution in [0.4, 0.5) is 10.5 Å². The third-order valence-electron chi connectivity index (χ3n) is 5.08. The van der Waals surface area contributed by atoms with Crippen molar-refractivity contribution in [3.63, 3.8) is 0 Å². The summed E-state index contributed by atoms with van der Waals surface area (Å²) in [7, 11) is 0. The fraction of sp³-hybridized carbons (Fsp3) is 0.652. The Morgan fingerprint density at radius 1 is 0.964 bits per heavy atom. The Bertz CT molecular complexity index is 661. The number of anilines is 1. The Balaban J connectivity index is 1.74. The molecule has 28 heavy (non-hydrogen) atoms. The summed E-state index contributed by atoms with van der Waals surface area (Å²) in [5.74, 6) is 0.428. The maximum Gasteiger partial charge on any atom is 0.407 e. The number of amides is 2. The van der Waals surface area contributed by atoms with Gasteiger partial charge in [0.15, 0.2) is 0 Å². The molecular weight excluding hydrogens is 352 g/mol. The van der Waals surface area contributed by atoms with Crippen LogP contribution < -0.4 is 10.6 Å². The van der Waals surface area contributed by atoms with Gasteiger partial charge < -0.3 is 15.4 Å². The van der Waals surface area contributed by atoms with Crippen LogP contribution in [0.15, 0.2) is 24.3 Å². The van der Waals surface area contributed by atoms with Gasteiger partial charge in [-0.05, 0) is 75.5 Å². The highest BCUT2D eigenvalue weighted by Gasteiger charge is 2.26. The number of carbonyl (C=O) groups is 2. The third-order valence-corrected chi connectivity index (χ3v) is 5.08. The maximum absolute atomic E-state index is 12.4. The lowest BCUT2D eigenvalue weighted by Gasteiger charge is -2.29. The van der Waals surface area contributed by atoms with Gasteiger partial charge in [0.05, 0.1) is 0 Å². The topological polar surface area (TPSA) is 67.4 Å². The zero-order chi connectivity index (χ0) is 20.9. The molecule has 1 fully saturated rings. The second kappa shape index (κ2) is 8.97. The van der Waals surface area contributed by atoms with E-state index in [4.69, 9.17) is 4.74 Å². The van der Waals surface area contributed by atoms with E-state index in [-0.39, 0.29) is 23.5 Å². The summed E-state index contributed by atoms with van der Waals surface area (Å²) in [5.41, 5.74) is 1.72. The molecular formula is C23H36N2O3. The summed E-state index contributed by atoms with van der Waals surface area (Å²) < 4.78 is 5.31. The molecule has 0 bridgehead atoms. The summed E-state index contributed by atoms with van der Waals surface area (Å²) >= 11 is 0. The van der Waals surface area contributed by atoms with Gasteiger partial charge in [-0.25, -0.2) is 4.79 Å². The van der Waals surface area contributed by atoms with Gasteiger partial charge >= 0.3 is 6.09 Å². The van der Waals surface area contributed by atoms with Crippen molar-refractivity contribution >= 4 is 17.7 Å². The van der Waals surface area contributed by atoms with E-state index in [1.165, 1.54) is 5.56 Å². The van der Waals surface area contributed by atoms with Crippen molar-refractivity contribution in [2.24, 2.45) is 5.92 Å². The molecule has 1 aromatic rings. The smallest absolute Gasteiger partial charge is 0.407 e. The van der Waals surface area contributed by atoms with Gasteiger partial charge in [0.1, 0.15) is 5.60 Å². The Morgan fingerprint density at radius 3 is 2.04 bits per heavy atom. The average molecular weight is 389 g/mol. The summed E-state index contributed by atoms with van der Waals surface area (Å²) in [6.07, 6.45) is 3.83. The lowest BCUT2D eigenvalue weighted by molar-refractivity contribution is -0.117. The molecule has 1 aromatic carbocycles. The predicted octanol–water partition coefficient (Wildman–Crippen LogP) is 5.40. The molecule has 0 unspecified atom stereocenters. The Kier molecular flexibility index (Phi) is 7.13. The van der Waals surface area contributed by atoms with Gasteiger partial charge in [0, 0.05) is 18.2 Å². The van der Waals surface area contributed by atoms with Gasteiger partial charge in [-0.1, -0.05) is 32.9 Å². The van der Waals surface area contributed by atoms with Crippen LogP contribution in [0, 0.1) is 5.92 Å². The van der Waals surface area contributed by atoms with Crippen LogP contribution in [-0.2, 0) is 14.9 Å². The Labute approximate surface area is 169 Å². The van der Waals surface area contributed by atoms with Crippen molar-refractivity contribution in [1.82, 2.24) is 5.32 Å². The van der Waals surface area contributed by atoms with Gasteiger partial charge in [-0.15, -0.1) is 0 Å². The standard InChI is InChI=1S/C23H36N2O3/c1-22(2,3)17-9-13-18(14-10-17)24-20(26)15-16-7-11-19(12-8-16)25-21(27)28-23(4,5)6/h9-10,13-14,16,19H,7-8,11-12,15H2,1-6H3,(H,24,26)(H,25,27). The van der Waals surface area contributed by atoms with Crippen LogP contribution >= 0.6 is 0 Å². The minimum atomic E-state index is -0.482. The summed E-state index contributed by atoms with van der Waals surface area (Å²) in [5, 5.41) is 5.95. The van der Waals surface area contributed by atoms with E-state index in [0.717, 1.165) is 31.4 Å². The highest BCUT2D eigenvalue weighted by molar-refractivity contribution is 5.90. The largest absolute Gasteiger partial charge is 0.444 e. The van der Waals surface area contributed by atoms with Gasteiger partial charge in [-0.2, -0.15) is 0 Å². The van der Waals surface area contributed by atoms with Crippen molar-refractivity contribution in [2.45, 2.75) is 90.7 Å². The van der Waals surface area contributed by atoms with Crippen LogP contribution in [0.5, 0.6) is 0 Å². The second-order valence-corrected chi connectivity index (χ2v) is 9.94. The zero-order valence-corrected chi connectivity index (χ0v) is 18.2. The van der Waals surface area contributed by atoms with Crippen molar-refractivity contribution in [1.29, 1.82) is 0 Å².